The van der Waals surface area contributed by atoms with Crippen molar-refractivity contribution in [3.8, 4) is 0 Å². The van der Waals surface area contributed by atoms with Crippen molar-refractivity contribution in [2.45, 2.75) is 12.8 Å². The zero-order chi connectivity index (χ0) is 8.97. The summed E-state index contributed by atoms with van der Waals surface area (Å²) in [6.07, 6.45) is 1.94. The smallest absolute Gasteiger partial charge is 0.0937 e. The number of nitrogens with one attached hydrogen (secondary N) is 1. The fraction of sp³-hybridized carbons (Fsp3) is 0.875. The van der Waals surface area contributed by atoms with Gasteiger partial charge in [0.25, 0.3) is 0 Å². The highest BCUT2D eigenvalue weighted by molar-refractivity contribution is 5.79. The molecule has 1 rings (SSSR count). The lowest BCUT2D eigenvalue weighted by molar-refractivity contribution is 0.162. The lowest BCUT2D eigenvalue weighted by Gasteiger charge is -2.30. The fourth-order valence-electron chi connectivity index (χ4n) is 1.61. The molecule has 0 bridgehead atoms. The molecular formula is C8H17N3O. The highest BCUT2D eigenvalue weighted by atomic mass is 16.3. The molecule has 0 atom stereocenters. The Labute approximate surface area is 72.9 Å². The van der Waals surface area contributed by atoms with Gasteiger partial charge in [-0.3, -0.25) is 5.41 Å². The van der Waals surface area contributed by atoms with Crippen molar-refractivity contribution in [2.24, 2.45) is 11.7 Å². The molecule has 12 heavy (non-hydrogen) atoms. The van der Waals surface area contributed by atoms with Crippen LogP contribution in [0, 0.1) is 11.3 Å². The molecule has 1 aliphatic rings. The third-order valence-corrected chi connectivity index (χ3v) is 2.44. The summed E-state index contributed by atoms with van der Waals surface area (Å²) in [5.74, 6) is 0.596. The minimum Gasteiger partial charge on any atom is -0.395 e. The predicted molar refractivity (Wildman–Crippen MR) is 48.2 cm³/mol. The molecule has 0 unspecified atom stereocenters. The van der Waals surface area contributed by atoms with E-state index in [-0.39, 0.29) is 12.5 Å². The maximum atomic E-state index is 8.68. The van der Waals surface area contributed by atoms with Crippen molar-refractivity contribution in [2.75, 3.05) is 26.2 Å². The largest absolute Gasteiger partial charge is 0.395 e. The van der Waals surface area contributed by atoms with Gasteiger partial charge in [0.2, 0.25) is 0 Å². The molecule has 1 saturated heterocycles. The van der Waals surface area contributed by atoms with E-state index in [0.29, 0.717) is 5.84 Å². The van der Waals surface area contributed by atoms with E-state index in [1.807, 2.05) is 0 Å². The van der Waals surface area contributed by atoms with Crippen LogP contribution in [0.3, 0.4) is 0 Å². The number of rotatable bonds is 3. The van der Waals surface area contributed by atoms with Crippen LogP contribution < -0.4 is 5.73 Å². The van der Waals surface area contributed by atoms with Crippen LogP contribution in [0.25, 0.3) is 0 Å². The van der Waals surface area contributed by atoms with Crippen LogP contribution in [-0.4, -0.2) is 42.1 Å². The first-order valence-corrected chi connectivity index (χ1v) is 4.41. The molecule has 0 aliphatic carbocycles. The van der Waals surface area contributed by atoms with Crippen molar-refractivity contribution in [3.05, 3.63) is 0 Å². The van der Waals surface area contributed by atoms with E-state index in [1.165, 1.54) is 0 Å². The van der Waals surface area contributed by atoms with Crippen LogP contribution in [0.2, 0.25) is 0 Å². The summed E-state index contributed by atoms with van der Waals surface area (Å²) < 4.78 is 0. The Morgan fingerprint density at radius 2 is 2.08 bits per heavy atom. The summed E-state index contributed by atoms with van der Waals surface area (Å²) in [7, 11) is 0. The Morgan fingerprint density at radius 3 is 2.50 bits per heavy atom. The molecule has 1 aliphatic heterocycles. The van der Waals surface area contributed by atoms with Gasteiger partial charge < -0.3 is 15.7 Å². The van der Waals surface area contributed by atoms with E-state index >= 15 is 0 Å². The second-order valence-electron chi connectivity index (χ2n) is 3.29. The van der Waals surface area contributed by atoms with Crippen molar-refractivity contribution in [3.63, 3.8) is 0 Å². The standard InChI is InChI=1S/C8H17N3O/c9-8(10)7-1-3-11(4-2-7)5-6-12/h7,12H,1-6H2,(H3,9,10). The van der Waals surface area contributed by atoms with Crippen molar-refractivity contribution in [1.82, 2.24) is 4.90 Å². The van der Waals surface area contributed by atoms with Crippen LogP contribution in [0.4, 0.5) is 0 Å². The van der Waals surface area contributed by atoms with Gasteiger partial charge >= 0.3 is 0 Å². The lowest BCUT2D eigenvalue weighted by Crippen LogP contribution is -2.39. The monoisotopic (exact) mass is 171 g/mol. The van der Waals surface area contributed by atoms with Gasteiger partial charge in [-0.1, -0.05) is 0 Å². The number of nitrogens with two attached hydrogens (primary N) is 1. The molecule has 0 amide bonds. The number of aliphatic hydroxyl groups is 1. The van der Waals surface area contributed by atoms with Gasteiger partial charge in [-0.2, -0.15) is 0 Å². The van der Waals surface area contributed by atoms with Crippen LogP contribution in [-0.2, 0) is 0 Å². The van der Waals surface area contributed by atoms with Crippen LogP contribution in [0.1, 0.15) is 12.8 Å². The summed E-state index contributed by atoms with van der Waals surface area (Å²) in [5, 5.41) is 16.0. The quantitative estimate of drug-likeness (QED) is 0.400. The van der Waals surface area contributed by atoms with Gasteiger partial charge in [-0.05, 0) is 25.9 Å². The highest BCUT2D eigenvalue weighted by Gasteiger charge is 2.20. The van der Waals surface area contributed by atoms with Gasteiger partial charge in [0.1, 0.15) is 0 Å². The zero-order valence-electron chi connectivity index (χ0n) is 7.29. The molecule has 1 fully saturated rings. The molecule has 0 saturated carbocycles. The number of β-amino-alcohol motifs (C(OH)–C–C–N with tert-alkyl or cyclic N) is 1. The number of nitrogens with zero attached hydrogens (tertiary/aromatic N) is 1. The topological polar surface area (TPSA) is 73.3 Å². The Morgan fingerprint density at radius 1 is 1.50 bits per heavy atom. The number of likely N-dealkylation sites (tertiary alicyclic amines) is 1. The van der Waals surface area contributed by atoms with E-state index in [9.17, 15) is 0 Å². The van der Waals surface area contributed by atoms with Crippen molar-refractivity contribution < 1.29 is 5.11 Å². The maximum Gasteiger partial charge on any atom is 0.0937 e. The molecule has 70 valence electrons. The van der Waals surface area contributed by atoms with Gasteiger partial charge in [0.15, 0.2) is 0 Å². The van der Waals surface area contributed by atoms with Gasteiger partial charge in [-0.25, -0.2) is 0 Å². The lowest BCUT2D eigenvalue weighted by atomic mass is 9.96. The van der Waals surface area contributed by atoms with E-state index in [0.717, 1.165) is 32.5 Å². The Balaban J connectivity index is 2.25. The number of hydrogen-bond acceptors (Lipinski definition) is 3. The van der Waals surface area contributed by atoms with Crippen LogP contribution >= 0.6 is 0 Å². The second kappa shape index (κ2) is 4.42. The van der Waals surface area contributed by atoms with Crippen LogP contribution in [0.5, 0.6) is 0 Å². The normalized spacial score (nSPS) is 21.1. The van der Waals surface area contributed by atoms with E-state index in [1.54, 1.807) is 0 Å². The molecule has 4 nitrogen and oxygen atoms in total. The minimum absolute atomic E-state index is 0.227. The molecule has 0 spiro atoms. The van der Waals surface area contributed by atoms with Crippen molar-refractivity contribution in [1.29, 1.82) is 5.41 Å². The molecule has 0 aromatic heterocycles. The van der Waals surface area contributed by atoms with Gasteiger partial charge in [0, 0.05) is 12.5 Å². The Bertz CT molecular complexity index is 152. The number of hydrogen-bond donors (Lipinski definition) is 3. The summed E-state index contributed by atoms with van der Waals surface area (Å²) in [4.78, 5) is 2.21. The molecular weight excluding hydrogens is 154 g/mol. The second-order valence-corrected chi connectivity index (χ2v) is 3.29. The molecule has 4 N–H and O–H groups in total. The van der Waals surface area contributed by atoms with Crippen molar-refractivity contribution >= 4 is 5.84 Å². The molecule has 1 heterocycles. The average Bonchev–Trinajstić information content (AvgIpc) is 2.06. The fourth-order valence-corrected chi connectivity index (χ4v) is 1.61. The Hall–Kier alpha value is -0.610. The molecule has 0 radical (unpaired) electrons. The van der Waals surface area contributed by atoms with Crippen LogP contribution in [0.15, 0.2) is 0 Å². The molecule has 0 aromatic carbocycles. The molecule has 4 heteroatoms. The first-order valence-electron chi connectivity index (χ1n) is 4.41. The molecule has 0 aromatic rings. The predicted octanol–water partition coefficient (Wildman–Crippen LogP) is -0.373. The highest BCUT2D eigenvalue weighted by Crippen LogP contribution is 2.15. The SMILES string of the molecule is N=C(N)C1CCN(CCO)CC1. The minimum atomic E-state index is 0.227. The summed E-state index contributed by atoms with van der Waals surface area (Å²) in [5.41, 5.74) is 5.40. The third kappa shape index (κ3) is 2.46. The number of aliphatic hydroxyl groups excluding tert-OH is 1. The number of piperidine rings is 1. The average molecular weight is 171 g/mol. The number of amidine groups is 1. The van der Waals surface area contributed by atoms with E-state index in [2.05, 4.69) is 4.90 Å². The summed E-state index contributed by atoms with van der Waals surface area (Å²) >= 11 is 0. The van der Waals surface area contributed by atoms with E-state index in [4.69, 9.17) is 16.2 Å². The summed E-state index contributed by atoms with van der Waals surface area (Å²) in [6, 6.07) is 0. The third-order valence-electron chi connectivity index (χ3n) is 2.44. The van der Waals surface area contributed by atoms with E-state index < -0.39 is 0 Å². The van der Waals surface area contributed by atoms with Gasteiger partial charge in [0.05, 0.1) is 12.4 Å². The zero-order valence-corrected chi connectivity index (χ0v) is 7.29. The first kappa shape index (κ1) is 9.48. The Kier molecular flexibility index (Phi) is 3.49. The van der Waals surface area contributed by atoms with Gasteiger partial charge in [-0.15, -0.1) is 0 Å². The first-order chi connectivity index (χ1) is 5.74. The summed E-state index contributed by atoms with van der Waals surface area (Å²) in [6.45, 7) is 2.91. The maximum absolute atomic E-state index is 8.68.